The number of aliphatic carboxylic acids is 1. The van der Waals surface area contributed by atoms with E-state index in [4.69, 9.17) is 9.94 Å². The first-order chi connectivity index (χ1) is 5.24. The van der Waals surface area contributed by atoms with Crippen LogP contribution in [-0.4, -0.2) is 34.9 Å². The third kappa shape index (κ3) is 2.11. The Hall–Kier alpha value is -0.710. The molecule has 1 aliphatic heterocycles. The second-order valence-corrected chi connectivity index (χ2v) is 3.14. The first kappa shape index (κ1) is 8.39. The molecule has 1 atom stereocenters. The molecule has 0 bridgehead atoms. The molecule has 0 radical (unpaired) electrons. The zero-order valence-corrected chi connectivity index (χ0v) is 6.93. The fourth-order valence-electron chi connectivity index (χ4n) is 0.830. The summed E-state index contributed by atoms with van der Waals surface area (Å²) in [4.78, 5) is 15.2. The first-order valence-corrected chi connectivity index (χ1v) is 4.58. The van der Waals surface area contributed by atoms with E-state index in [9.17, 15) is 4.79 Å². The standard InChI is InChI=1S/C6H9NO3S/c1-11-3-4-2-5(6(8)9)7-10-4/h4H,2-3H2,1H3,(H,8,9). The Bertz CT molecular complexity index is 192. The summed E-state index contributed by atoms with van der Waals surface area (Å²) in [6, 6.07) is 0. The smallest absolute Gasteiger partial charge is 0.353 e. The molecule has 0 aromatic carbocycles. The number of thioether (sulfide) groups is 1. The molecule has 0 aromatic heterocycles. The molecule has 0 saturated carbocycles. The maximum atomic E-state index is 10.3. The Morgan fingerprint density at radius 3 is 3.18 bits per heavy atom. The van der Waals surface area contributed by atoms with Crippen molar-refractivity contribution in [3.63, 3.8) is 0 Å². The highest BCUT2D eigenvalue weighted by atomic mass is 32.2. The van der Waals surface area contributed by atoms with Crippen molar-refractivity contribution in [2.75, 3.05) is 12.0 Å². The van der Waals surface area contributed by atoms with Gasteiger partial charge >= 0.3 is 5.97 Å². The van der Waals surface area contributed by atoms with E-state index in [1.54, 1.807) is 11.8 Å². The van der Waals surface area contributed by atoms with Crippen molar-refractivity contribution in [2.24, 2.45) is 5.16 Å². The van der Waals surface area contributed by atoms with E-state index in [0.29, 0.717) is 6.42 Å². The zero-order chi connectivity index (χ0) is 8.27. The van der Waals surface area contributed by atoms with Crippen LogP contribution in [0.5, 0.6) is 0 Å². The fraction of sp³-hybridized carbons (Fsp3) is 0.667. The van der Waals surface area contributed by atoms with E-state index >= 15 is 0 Å². The van der Waals surface area contributed by atoms with Crippen molar-refractivity contribution in [3.8, 4) is 0 Å². The minimum absolute atomic E-state index is 0.0453. The van der Waals surface area contributed by atoms with Gasteiger partial charge in [-0.05, 0) is 6.26 Å². The van der Waals surface area contributed by atoms with Crippen LogP contribution in [0, 0.1) is 0 Å². The normalized spacial score (nSPS) is 22.6. The Morgan fingerprint density at radius 2 is 2.73 bits per heavy atom. The van der Waals surface area contributed by atoms with Gasteiger partial charge in [-0.1, -0.05) is 5.16 Å². The number of oxime groups is 1. The number of hydrogen-bond donors (Lipinski definition) is 1. The zero-order valence-electron chi connectivity index (χ0n) is 6.11. The molecule has 62 valence electrons. The number of hydrogen-bond acceptors (Lipinski definition) is 4. The molecule has 0 fully saturated rings. The molecular formula is C6H9NO3S. The van der Waals surface area contributed by atoms with E-state index in [0.717, 1.165) is 5.75 Å². The third-order valence-electron chi connectivity index (χ3n) is 1.33. The summed E-state index contributed by atoms with van der Waals surface area (Å²) in [5.41, 5.74) is 0.129. The largest absolute Gasteiger partial charge is 0.477 e. The third-order valence-corrected chi connectivity index (χ3v) is 2.04. The fourth-order valence-corrected chi connectivity index (χ4v) is 1.38. The van der Waals surface area contributed by atoms with Gasteiger partial charge in [-0.3, -0.25) is 0 Å². The minimum Gasteiger partial charge on any atom is -0.477 e. The Morgan fingerprint density at radius 1 is 2.00 bits per heavy atom. The van der Waals surface area contributed by atoms with Gasteiger partial charge in [0.1, 0.15) is 6.10 Å². The van der Waals surface area contributed by atoms with Crippen molar-refractivity contribution in [2.45, 2.75) is 12.5 Å². The second-order valence-electron chi connectivity index (χ2n) is 2.23. The first-order valence-electron chi connectivity index (χ1n) is 3.19. The van der Waals surface area contributed by atoms with Gasteiger partial charge in [-0.25, -0.2) is 4.79 Å². The van der Waals surface area contributed by atoms with Crippen LogP contribution in [0.15, 0.2) is 5.16 Å². The topological polar surface area (TPSA) is 58.9 Å². The monoisotopic (exact) mass is 175 g/mol. The molecule has 1 heterocycles. The molecule has 0 saturated heterocycles. The van der Waals surface area contributed by atoms with Gasteiger partial charge in [-0.15, -0.1) is 0 Å². The average molecular weight is 175 g/mol. The van der Waals surface area contributed by atoms with Gasteiger partial charge in [0.2, 0.25) is 0 Å². The van der Waals surface area contributed by atoms with Crippen LogP contribution in [0.1, 0.15) is 6.42 Å². The predicted octanol–water partition coefficient (Wildman–Crippen LogP) is 0.579. The van der Waals surface area contributed by atoms with Gasteiger partial charge in [-0.2, -0.15) is 11.8 Å². The summed E-state index contributed by atoms with van der Waals surface area (Å²) in [5.74, 6) is -0.186. The molecule has 0 spiro atoms. The van der Waals surface area contributed by atoms with Gasteiger partial charge in [0.25, 0.3) is 0 Å². The van der Waals surface area contributed by atoms with E-state index in [1.807, 2.05) is 6.26 Å². The van der Waals surface area contributed by atoms with Crippen LogP contribution >= 0.6 is 11.8 Å². The summed E-state index contributed by atoms with van der Waals surface area (Å²) >= 11 is 1.62. The summed E-state index contributed by atoms with van der Waals surface area (Å²) in [5, 5.41) is 11.9. The highest BCUT2D eigenvalue weighted by Crippen LogP contribution is 2.14. The van der Waals surface area contributed by atoms with Crippen molar-refractivity contribution >= 4 is 23.4 Å². The van der Waals surface area contributed by atoms with Crippen molar-refractivity contribution in [1.82, 2.24) is 0 Å². The van der Waals surface area contributed by atoms with Gasteiger partial charge in [0.05, 0.1) is 0 Å². The Kier molecular flexibility index (Phi) is 2.76. The van der Waals surface area contributed by atoms with E-state index < -0.39 is 5.97 Å². The number of carboxylic acids is 1. The molecule has 0 aliphatic carbocycles. The molecule has 1 N–H and O–H groups in total. The Balaban J connectivity index is 2.37. The SMILES string of the molecule is CSCC1CC(C(=O)O)=NO1. The van der Waals surface area contributed by atoms with Gasteiger partial charge in [0, 0.05) is 12.2 Å². The van der Waals surface area contributed by atoms with Crippen LogP contribution < -0.4 is 0 Å². The molecular weight excluding hydrogens is 166 g/mol. The summed E-state index contributed by atoms with van der Waals surface area (Å²) in [6.45, 7) is 0. The van der Waals surface area contributed by atoms with Crippen molar-refractivity contribution in [3.05, 3.63) is 0 Å². The van der Waals surface area contributed by atoms with Crippen molar-refractivity contribution < 1.29 is 14.7 Å². The maximum Gasteiger partial charge on any atom is 0.353 e. The number of rotatable bonds is 3. The van der Waals surface area contributed by atoms with Crippen LogP contribution in [0.25, 0.3) is 0 Å². The minimum atomic E-state index is -0.978. The Labute approximate surface area is 68.6 Å². The van der Waals surface area contributed by atoms with Crippen LogP contribution in [0.4, 0.5) is 0 Å². The number of carbonyl (C=O) groups is 1. The van der Waals surface area contributed by atoms with E-state index in [-0.39, 0.29) is 11.8 Å². The summed E-state index contributed by atoms with van der Waals surface area (Å²) in [6.07, 6.45) is 2.33. The number of carboxylic acid groups (broad SMARTS) is 1. The van der Waals surface area contributed by atoms with Crippen molar-refractivity contribution in [1.29, 1.82) is 0 Å². The number of nitrogens with zero attached hydrogens (tertiary/aromatic N) is 1. The average Bonchev–Trinajstić information content (AvgIpc) is 2.37. The van der Waals surface area contributed by atoms with Gasteiger partial charge < -0.3 is 9.94 Å². The lowest BCUT2D eigenvalue weighted by Crippen LogP contribution is -2.15. The van der Waals surface area contributed by atoms with Crippen LogP contribution in [0.2, 0.25) is 0 Å². The van der Waals surface area contributed by atoms with E-state index in [1.165, 1.54) is 0 Å². The molecule has 0 aromatic rings. The lowest BCUT2D eigenvalue weighted by Gasteiger charge is -2.03. The summed E-state index contributed by atoms with van der Waals surface area (Å²) in [7, 11) is 0. The molecule has 1 aliphatic rings. The molecule has 4 nitrogen and oxygen atoms in total. The predicted molar refractivity (Wildman–Crippen MR) is 42.9 cm³/mol. The van der Waals surface area contributed by atoms with Crippen LogP contribution in [-0.2, 0) is 9.63 Å². The lowest BCUT2D eigenvalue weighted by atomic mass is 10.2. The molecule has 11 heavy (non-hydrogen) atoms. The quantitative estimate of drug-likeness (QED) is 0.681. The molecule has 1 rings (SSSR count). The summed E-state index contributed by atoms with van der Waals surface area (Å²) < 4.78 is 0. The molecule has 5 heteroatoms. The molecule has 0 amide bonds. The molecule has 1 unspecified atom stereocenters. The second kappa shape index (κ2) is 3.61. The highest BCUT2D eigenvalue weighted by molar-refractivity contribution is 7.98. The van der Waals surface area contributed by atoms with Crippen LogP contribution in [0.3, 0.4) is 0 Å². The highest BCUT2D eigenvalue weighted by Gasteiger charge is 2.24. The lowest BCUT2D eigenvalue weighted by molar-refractivity contribution is -0.129. The van der Waals surface area contributed by atoms with Gasteiger partial charge in [0.15, 0.2) is 5.71 Å². The van der Waals surface area contributed by atoms with E-state index in [2.05, 4.69) is 5.16 Å². The maximum absolute atomic E-state index is 10.3.